The summed E-state index contributed by atoms with van der Waals surface area (Å²) in [6.07, 6.45) is 3.24. The zero-order valence-electron chi connectivity index (χ0n) is 15.2. The molecule has 4 nitrogen and oxygen atoms in total. The van der Waals surface area contributed by atoms with Crippen molar-refractivity contribution < 1.29 is 9.59 Å². The van der Waals surface area contributed by atoms with Gasteiger partial charge in [-0.05, 0) is 41.5 Å². The normalized spacial score (nSPS) is 16.1. The standard InChI is InChI=1S/C21H24N2O2S/c1-3-19(24)23-13-12-16-6-4-5-7-18(16)20(23)21(25)22-14-15-8-10-17(26-2)11-9-15/h4-11,20H,3,12-14H2,1-2H3,(H,22,25)/t20-/m0/s1. The van der Waals surface area contributed by atoms with Gasteiger partial charge in [0.15, 0.2) is 0 Å². The molecule has 0 radical (unpaired) electrons. The number of carbonyl (C=O) groups is 2. The van der Waals surface area contributed by atoms with E-state index in [4.69, 9.17) is 0 Å². The summed E-state index contributed by atoms with van der Waals surface area (Å²) in [6.45, 7) is 2.88. The second-order valence-corrected chi connectivity index (χ2v) is 7.24. The van der Waals surface area contributed by atoms with Crippen molar-refractivity contribution in [1.82, 2.24) is 10.2 Å². The molecule has 3 rings (SSSR count). The molecular formula is C21H24N2O2S. The molecule has 136 valence electrons. The largest absolute Gasteiger partial charge is 0.350 e. The predicted octanol–water partition coefficient (Wildman–Crippen LogP) is 3.56. The molecule has 0 fully saturated rings. The van der Waals surface area contributed by atoms with Gasteiger partial charge in [0.25, 0.3) is 0 Å². The number of rotatable bonds is 5. The highest BCUT2D eigenvalue weighted by molar-refractivity contribution is 7.98. The van der Waals surface area contributed by atoms with Gasteiger partial charge >= 0.3 is 0 Å². The Hall–Kier alpha value is -2.27. The molecule has 2 amide bonds. The van der Waals surface area contributed by atoms with E-state index in [2.05, 4.69) is 17.4 Å². The number of nitrogens with zero attached hydrogens (tertiary/aromatic N) is 1. The summed E-state index contributed by atoms with van der Waals surface area (Å²) in [5, 5.41) is 3.02. The molecule has 0 aromatic heterocycles. The number of hydrogen-bond acceptors (Lipinski definition) is 3. The molecule has 26 heavy (non-hydrogen) atoms. The maximum absolute atomic E-state index is 13.0. The van der Waals surface area contributed by atoms with Crippen LogP contribution in [0, 0.1) is 0 Å². The zero-order chi connectivity index (χ0) is 18.5. The number of carbonyl (C=O) groups excluding carboxylic acids is 2. The minimum absolute atomic E-state index is 0.0176. The Labute approximate surface area is 159 Å². The monoisotopic (exact) mass is 368 g/mol. The van der Waals surface area contributed by atoms with Crippen LogP contribution in [-0.2, 0) is 22.6 Å². The van der Waals surface area contributed by atoms with Gasteiger partial charge in [0, 0.05) is 24.4 Å². The third-order valence-corrected chi connectivity index (χ3v) is 5.52. The second-order valence-electron chi connectivity index (χ2n) is 6.36. The summed E-state index contributed by atoms with van der Waals surface area (Å²) >= 11 is 1.69. The van der Waals surface area contributed by atoms with Gasteiger partial charge in [0.1, 0.15) is 6.04 Å². The Morgan fingerprint density at radius 2 is 1.88 bits per heavy atom. The number of thioether (sulfide) groups is 1. The molecule has 0 aliphatic carbocycles. The van der Waals surface area contributed by atoms with Gasteiger partial charge in [-0.1, -0.05) is 43.3 Å². The minimum Gasteiger partial charge on any atom is -0.350 e. The van der Waals surface area contributed by atoms with Crippen LogP contribution in [0.2, 0.25) is 0 Å². The third-order valence-electron chi connectivity index (χ3n) is 4.78. The summed E-state index contributed by atoms with van der Waals surface area (Å²) in [7, 11) is 0. The summed E-state index contributed by atoms with van der Waals surface area (Å²) in [6, 6.07) is 15.5. The Morgan fingerprint density at radius 1 is 1.15 bits per heavy atom. The van der Waals surface area contributed by atoms with Crippen molar-refractivity contribution in [1.29, 1.82) is 0 Å². The van der Waals surface area contributed by atoms with Crippen molar-refractivity contribution >= 4 is 23.6 Å². The van der Waals surface area contributed by atoms with Gasteiger partial charge in [0.05, 0.1) is 0 Å². The fourth-order valence-corrected chi connectivity index (χ4v) is 3.76. The van der Waals surface area contributed by atoms with Crippen LogP contribution in [-0.4, -0.2) is 29.5 Å². The van der Waals surface area contributed by atoms with Gasteiger partial charge in [-0.2, -0.15) is 0 Å². The summed E-state index contributed by atoms with van der Waals surface area (Å²) in [5.74, 6) is -0.100. The van der Waals surface area contributed by atoms with E-state index in [0.29, 0.717) is 19.5 Å². The fourth-order valence-electron chi connectivity index (χ4n) is 3.35. The van der Waals surface area contributed by atoms with Crippen LogP contribution in [0.25, 0.3) is 0 Å². The number of fused-ring (bicyclic) bond motifs is 1. The van der Waals surface area contributed by atoms with Crippen LogP contribution in [0.5, 0.6) is 0 Å². The Kier molecular flexibility index (Phi) is 5.99. The zero-order valence-corrected chi connectivity index (χ0v) is 16.0. The molecule has 0 saturated heterocycles. The molecule has 1 atom stereocenters. The Balaban J connectivity index is 1.78. The summed E-state index contributed by atoms with van der Waals surface area (Å²) in [4.78, 5) is 28.3. The van der Waals surface area contributed by atoms with Crippen molar-refractivity contribution in [2.45, 2.75) is 37.2 Å². The van der Waals surface area contributed by atoms with Gasteiger partial charge in [-0.3, -0.25) is 9.59 Å². The van der Waals surface area contributed by atoms with Crippen molar-refractivity contribution in [3.05, 3.63) is 65.2 Å². The topological polar surface area (TPSA) is 49.4 Å². The average molecular weight is 369 g/mol. The quantitative estimate of drug-likeness (QED) is 0.821. The van der Waals surface area contributed by atoms with Crippen molar-refractivity contribution in [2.75, 3.05) is 12.8 Å². The van der Waals surface area contributed by atoms with E-state index in [-0.39, 0.29) is 11.8 Å². The lowest BCUT2D eigenvalue weighted by Gasteiger charge is -2.36. The first-order valence-electron chi connectivity index (χ1n) is 8.92. The smallest absolute Gasteiger partial charge is 0.247 e. The molecule has 1 heterocycles. The van der Waals surface area contributed by atoms with E-state index >= 15 is 0 Å². The molecule has 0 spiro atoms. The predicted molar refractivity (Wildman–Crippen MR) is 105 cm³/mol. The first-order valence-corrected chi connectivity index (χ1v) is 10.1. The SMILES string of the molecule is CCC(=O)N1CCc2ccccc2[C@H]1C(=O)NCc1ccc(SC)cc1. The molecule has 0 saturated carbocycles. The number of nitrogens with one attached hydrogen (secondary N) is 1. The molecule has 1 aliphatic heterocycles. The van der Waals surface area contributed by atoms with Crippen LogP contribution in [0.3, 0.4) is 0 Å². The van der Waals surface area contributed by atoms with E-state index in [9.17, 15) is 9.59 Å². The van der Waals surface area contributed by atoms with Gasteiger partial charge in [-0.15, -0.1) is 11.8 Å². The Bertz CT molecular complexity index is 789. The molecule has 0 unspecified atom stereocenters. The lowest BCUT2D eigenvalue weighted by atomic mass is 9.91. The summed E-state index contributed by atoms with van der Waals surface area (Å²) < 4.78 is 0. The lowest BCUT2D eigenvalue weighted by Crippen LogP contribution is -2.46. The van der Waals surface area contributed by atoms with E-state index in [1.54, 1.807) is 16.7 Å². The maximum atomic E-state index is 13.0. The summed E-state index contributed by atoms with van der Waals surface area (Å²) in [5.41, 5.74) is 3.14. The molecule has 1 aliphatic rings. The van der Waals surface area contributed by atoms with E-state index in [1.807, 2.05) is 49.6 Å². The average Bonchev–Trinajstić information content (AvgIpc) is 2.70. The second kappa shape index (κ2) is 8.41. The van der Waals surface area contributed by atoms with Gasteiger partial charge in [0.2, 0.25) is 11.8 Å². The molecule has 0 bridgehead atoms. The first kappa shape index (κ1) is 18.5. The highest BCUT2D eigenvalue weighted by Crippen LogP contribution is 2.30. The number of amides is 2. The van der Waals surface area contributed by atoms with Crippen LogP contribution in [0.1, 0.15) is 36.1 Å². The number of benzene rings is 2. The van der Waals surface area contributed by atoms with Crippen LogP contribution < -0.4 is 5.32 Å². The highest BCUT2D eigenvalue weighted by Gasteiger charge is 2.34. The number of hydrogen-bond donors (Lipinski definition) is 1. The van der Waals surface area contributed by atoms with E-state index < -0.39 is 6.04 Å². The van der Waals surface area contributed by atoms with Crippen molar-refractivity contribution in [2.24, 2.45) is 0 Å². The first-order chi connectivity index (χ1) is 12.6. The van der Waals surface area contributed by atoms with Gasteiger partial charge < -0.3 is 10.2 Å². The minimum atomic E-state index is -0.544. The molecular weight excluding hydrogens is 344 g/mol. The van der Waals surface area contributed by atoms with Crippen LogP contribution >= 0.6 is 11.8 Å². The maximum Gasteiger partial charge on any atom is 0.247 e. The van der Waals surface area contributed by atoms with Crippen molar-refractivity contribution in [3.8, 4) is 0 Å². The third kappa shape index (κ3) is 3.93. The Morgan fingerprint density at radius 3 is 2.58 bits per heavy atom. The van der Waals surface area contributed by atoms with Gasteiger partial charge in [-0.25, -0.2) is 0 Å². The van der Waals surface area contributed by atoms with E-state index in [0.717, 1.165) is 23.1 Å². The van der Waals surface area contributed by atoms with Crippen molar-refractivity contribution in [3.63, 3.8) is 0 Å². The fraction of sp³-hybridized carbons (Fsp3) is 0.333. The molecule has 2 aromatic rings. The molecule has 5 heteroatoms. The molecule has 1 N–H and O–H groups in total. The van der Waals surface area contributed by atoms with Crippen LogP contribution in [0.4, 0.5) is 0 Å². The lowest BCUT2D eigenvalue weighted by molar-refractivity contribution is -0.141. The van der Waals surface area contributed by atoms with E-state index in [1.165, 1.54) is 4.90 Å². The molecule has 2 aromatic carbocycles. The van der Waals surface area contributed by atoms with Crippen LogP contribution in [0.15, 0.2) is 53.4 Å². The highest BCUT2D eigenvalue weighted by atomic mass is 32.2.